The Morgan fingerprint density at radius 1 is 1.18 bits per heavy atom. The molecule has 0 spiro atoms. The van der Waals surface area contributed by atoms with Gasteiger partial charge in [-0.2, -0.15) is 0 Å². The Balaban J connectivity index is 1.61. The van der Waals surface area contributed by atoms with Gasteiger partial charge in [0.1, 0.15) is 0 Å². The molecule has 3 rings (SSSR count). The number of carbonyl (C=O) groups excluding carboxylic acids is 1. The van der Waals surface area contributed by atoms with Gasteiger partial charge in [-0.3, -0.25) is 0 Å². The summed E-state index contributed by atoms with van der Waals surface area (Å²) in [4.78, 5) is 14.0. The summed E-state index contributed by atoms with van der Waals surface area (Å²) in [5, 5.41) is 1.19. The first kappa shape index (κ1) is 11.3. The zero-order valence-corrected chi connectivity index (χ0v) is 11.6. The maximum absolute atomic E-state index is 11.8. The van der Waals surface area contributed by atoms with E-state index in [1.807, 2.05) is 0 Å². The van der Waals surface area contributed by atoms with Crippen molar-refractivity contribution in [2.45, 2.75) is 43.1 Å². The van der Waals surface area contributed by atoms with E-state index in [0.717, 1.165) is 12.8 Å². The van der Waals surface area contributed by atoms with E-state index in [-0.39, 0.29) is 0 Å². The van der Waals surface area contributed by atoms with Crippen LogP contribution in [-0.2, 0) is 4.79 Å². The number of benzene rings is 1. The van der Waals surface area contributed by atoms with Gasteiger partial charge < -0.3 is 0 Å². The van der Waals surface area contributed by atoms with Crippen LogP contribution in [0, 0.1) is 0 Å². The van der Waals surface area contributed by atoms with Gasteiger partial charge in [0.2, 0.25) is 0 Å². The van der Waals surface area contributed by atoms with E-state index in [1.165, 1.54) is 22.6 Å². The molecule has 2 aliphatic rings. The molecule has 3 heteroatoms. The summed E-state index contributed by atoms with van der Waals surface area (Å²) in [6, 6.07) is 11.8. The van der Waals surface area contributed by atoms with Crippen LogP contribution < -0.4 is 4.46 Å². The number of fused-ring (bicyclic) bond motifs is 1. The monoisotopic (exact) mass is 295 g/mol. The predicted octanol–water partition coefficient (Wildman–Crippen LogP) is 1.59. The first-order chi connectivity index (χ1) is 8.34. The van der Waals surface area contributed by atoms with Gasteiger partial charge in [-0.1, -0.05) is 0 Å². The molecule has 17 heavy (non-hydrogen) atoms. The Kier molecular flexibility index (Phi) is 3.21. The predicted molar refractivity (Wildman–Crippen MR) is 69.5 cm³/mol. The number of rotatable bonds is 3. The van der Waals surface area contributed by atoms with E-state index in [9.17, 15) is 4.79 Å². The number of carbonyl (C=O) groups is 1. The summed E-state index contributed by atoms with van der Waals surface area (Å²) in [7, 11) is 0. The van der Waals surface area contributed by atoms with Gasteiger partial charge in [0, 0.05) is 0 Å². The second-order valence-corrected chi connectivity index (χ2v) is 7.14. The van der Waals surface area contributed by atoms with Crippen molar-refractivity contribution < 1.29 is 4.79 Å². The molecule has 1 aromatic carbocycles. The molecule has 90 valence electrons. The molecule has 0 radical (unpaired) electrons. The minimum atomic E-state index is 0.404. The van der Waals surface area contributed by atoms with Crippen LogP contribution in [0.2, 0.25) is 5.32 Å². The first-order valence-corrected chi connectivity index (χ1v) is 8.40. The van der Waals surface area contributed by atoms with Crippen molar-refractivity contribution in [1.82, 2.24) is 4.90 Å². The SMILES string of the molecule is O=C1CCC2CCC(C[Se]c3ccccc3)N12. The fraction of sp³-hybridized carbons (Fsp3) is 0.500. The van der Waals surface area contributed by atoms with Crippen molar-refractivity contribution in [3.63, 3.8) is 0 Å². The molecule has 2 atom stereocenters. The van der Waals surface area contributed by atoms with Gasteiger partial charge in [-0.15, -0.1) is 0 Å². The molecule has 2 nitrogen and oxygen atoms in total. The molecule has 2 saturated heterocycles. The molecule has 2 heterocycles. The average molecular weight is 294 g/mol. The third-order valence-electron chi connectivity index (χ3n) is 3.78. The van der Waals surface area contributed by atoms with Crippen LogP contribution in [0.3, 0.4) is 0 Å². The van der Waals surface area contributed by atoms with Crippen LogP contribution in [-0.4, -0.2) is 37.8 Å². The molecule has 2 unspecified atom stereocenters. The van der Waals surface area contributed by atoms with Gasteiger partial charge in [-0.25, -0.2) is 0 Å². The summed E-state index contributed by atoms with van der Waals surface area (Å²) in [6.07, 6.45) is 4.36. The van der Waals surface area contributed by atoms with Crippen LogP contribution in [0.1, 0.15) is 25.7 Å². The molecule has 0 aromatic heterocycles. The molecule has 2 fully saturated rings. The Bertz CT molecular complexity index is 406. The van der Waals surface area contributed by atoms with Crippen LogP contribution in [0.15, 0.2) is 30.3 Å². The summed E-state index contributed by atoms with van der Waals surface area (Å²) in [5.41, 5.74) is 0. The molecule has 0 N–H and O–H groups in total. The fourth-order valence-electron chi connectivity index (χ4n) is 2.94. The number of hydrogen-bond donors (Lipinski definition) is 0. The van der Waals surface area contributed by atoms with Crippen LogP contribution in [0.25, 0.3) is 0 Å². The van der Waals surface area contributed by atoms with E-state index < -0.39 is 0 Å². The quantitative estimate of drug-likeness (QED) is 0.775. The summed E-state index contributed by atoms with van der Waals surface area (Å²) in [6.45, 7) is 0. The maximum atomic E-state index is 11.8. The van der Waals surface area contributed by atoms with Crippen LogP contribution >= 0.6 is 0 Å². The molecule has 0 aliphatic carbocycles. The van der Waals surface area contributed by atoms with Gasteiger partial charge in [-0.05, 0) is 0 Å². The summed E-state index contributed by atoms with van der Waals surface area (Å²) in [5.74, 6) is 0.404. The first-order valence-electron chi connectivity index (χ1n) is 6.33. The van der Waals surface area contributed by atoms with Crippen LogP contribution in [0.4, 0.5) is 0 Å². The number of hydrogen-bond acceptors (Lipinski definition) is 1. The standard InChI is InChI=1S/C14H17NOSe/c16-14-9-8-11-6-7-12(15(11)14)10-17-13-4-2-1-3-5-13/h1-5,11-12H,6-10H2. The van der Waals surface area contributed by atoms with Gasteiger partial charge in [0.05, 0.1) is 0 Å². The molecule has 0 saturated carbocycles. The second kappa shape index (κ2) is 4.83. The van der Waals surface area contributed by atoms with Gasteiger partial charge >= 0.3 is 108 Å². The summed E-state index contributed by atoms with van der Waals surface area (Å²) < 4.78 is 1.45. The third-order valence-corrected chi connectivity index (χ3v) is 6.21. The van der Waals surface area contributed by atoms with E-state index in [2.05, 4.69) is 35.2 Å². The van der Waals surface area contributed by atoms with E-state index in [4.69, 9.17) is 0 Å². The Labute approximate surface area is 109 Å². The van der Waals surface area contributed by atoms with Crippen molar-refractivity contribution in [2.75, 3.05) is 0 Å². The average Bonchev–Trinajstić information content (AvgIpc) is 2.92. The molecule has 1 amide bonds. The van der Waals surface area contributed by atoms with E-state index in [0.29, 0.717) is 32.9 Å². The zero-order chi connectivity index (χ0) is 11.7. The number of amides is 1. The summed E-state index contributed by atoms with van der Waals surface area (Å²) >= 11 is 0.518. The minimum absolute atomic E-state index is 0.404. The van der Waals surface area contributed by atoms with Gasteiger partial charge in [0.15, 0.2) is 0 Å². The molecular formula is C14H17NOSe. The molecule has 2 aliphatic heterocycles. The van der Waals surface area contributed by atoms with Gasteiger partial charge in [0.25, 0.3) is 0 Å². The Hall–Kier alpha value is -0.791. The van der Waals surface area contributed by atoms with Crippen molar-refractivity contribution in [2.24, 2.45) is 0 Å². The molecule has 1 aromatic rings. The normalized spacial score (nSPS) is 27.5. The van der Waals surface area contributed by atoms with Crippen molar-refractivity contribution in [1.29, 1.82) is 0 Å². The Morgan fingerprint density at radius 3 is 2.82 bits per heavy atom. The van der Waals surface area contributed by atoms with Crippen molar-refractivity contribution >= 4 is 25.3 Å². The second-order valence-electron chi connectivity index (χ2n) is 4.85. The van der Waals surface area contributed by atoms with Crippen LogP contribution in [0.5, 0.6) is 0 Å². The molecular weight excluding hydrogens is 277 g/mol. The van der Waals surface area contributed by atoms with E-state index >= 15 is 0 Å². The fourth-order valence-corrected chi connectivity index (χ4v) is 5.17. The molecule has 0 bridgehead atoms. The third kappa shape index (κ3) is 2.27. The zero-order valence-electron chi connectivity index (χ0n) is 9.84. The van der Waals surface area contributed by atoms with Crippen molar-refractivity contribution in [3.05, 3.63) is 30.3 Å². The van der Waals surface area contributed by atoms with E-state index in [1.54, 1.807) is 0 Å². The number of nitrogens with zero attached hydrogens (tertiary/aromatic N) is 1. The van der Waals surface area contributed by atoms with Crippen molar-refractivity contribution in [3.8, 4) is 0 Å². The Morgan fingerprint density at radius 2 is 2.00 bits per heavy atom. The topological polar surface area (TPSA) is 20.3 Å².